The van der Waals surface area contributed by atoms with Gasteiger partial charge in [0, 0.05) is 41.2 Å². The summed E-state index contributed by atoms with van der Waals surface area (Å²) in [5, 5.41) is 2.47. The molecule has 1 amide bonds. The van der Waals surface area contributed by atoms with E-state index in [0.29, 0.717) is 31.5 Å². The Morgan fingerprint density at radius 3 is 2.60 bits per heavy atom. The van der Waals surface area contributed by atoms with E-state index >= 15 is 0 Å². The number of aromatic nitrogens is 2. The summed E-state index contributed by atoms with van der Waals surface area (Å²) >= 11 is 12.4. The highest BCUT2D eigenvalue weighted by atomic mass is 35.5. The Labute approximate surface area is 257 Å². The number of hydrogen-bond acceptors (Lipinski definition) is 6. The third kappa shape index (κ3) is 7.67. The van der Waals surface area contributed by atoms with Crippen LogP contribution in [-0.4, -0.2) is 53.8 Å². The van der Waals surface area contributed by atoms with Gasteiger partial charge in [0.2, 0.25) is 5.78 Å². The standard InChI is InChI=1S/C29H29Cl2F3N4O4S/c1-3-43(41,42)26-7-6-21(30)9-20(26)12-36-28(40)19-10-23(29(32,33)34)22(24(31)11-19)15-38-8-4-5-18(14-38)17(2)27(39)25-13-35-16-37-25/h6-7,9-11,13,16,18H,2-5,8,12,14-15H2,1H3,(H,35,37)(H,36,40)/t18-/m0/s1. The second-order valence-electron chi connectivity index (χ2n) is 10.2. The first-order valence-corrected chi connectivity index (χ1v) is 15.7. The molecule has 0 aliphatic carbocycles. The Morgan fingerprint density at radius 1 is 1.21 bits per heavy atom. The molecule has 2 aromatic carbocycles. The fraction of sp³-hybridized carbons (Fsp3) is 0.345. The van der Waals surface area contributed by atoms with Gasteiger partial charge in [-0.3, -0.25) is 14.5 Å². The average molecular weight is 658 g/mol. The highest BCUT2D eigenvalue weighted by Gasteiger charge is 2.37. The zero-order valence-corrected chi connectivity index (χ0v) is 25.4. The number of benzene rings is 2. The molecule has 3 aromatic rings. The minimum atomic E-state index is -4.82. The van der Waals surface area contributed by atoms with Crippen LogP contribution in [0.1, 0.15) is 57.3 Å². The summed E-state index contributed by atoms with van der Waals surface area (Å²) in [4.78, 5) is 34.0. The first-order valence-electron chi connectivity index (χ1n) is 13.3. The number of nitrogens with zero attached hydrogens (tertiary/aromatic N) is 2. The first kappa shape index (κ1) is 32.7. The molecule has 43 heavy (non-hydrogen) atoms. The van der Waals surface area contributed by atoms with E-state index < -0.39 is 27.5 Å². The topological polar surface area (TPSA) is 112 Å². The van der Waals surface area contributed by atoms with Gasteiger partial charge in [-0.2, -0.15) is 13.2 Å². The van der Waals surface area contributed by atoms with Crippen LogP contribution in [0, 0.1) is 5.92 Å². The van der Waals surface area contributed by atoms with E-state index in [1.165, 1.54) is 37.6 Å². The number of likely N-dealkylation sites (tertiary alicyclic amines) is 1. The van der Waals surface area contributed by atoms with E-state index in [0.717, 1.165) is 12.1 Å². The SMILES string of the molecule is C=C(C(=O)c1cnc[nH]1)[C@H]1CCCN(Cc2c(Cl)cc(C(=O)NCc3cc(Cl)ccc3S(=O)(=O)CC)cc2C(F)(F)F)C1. The molecule has 230 valence electrons. The normalized spacial score (nSPS) is 16.2. The number of halogens is 5. The van der Waals surface area contributed by atoms with Crippen LogP contribution in [0.25, 0.3) is 0 Å². The number of carbonyl (C=O) groups excluding carboxylic acids is 2. The molecule has 0 spiro atoms. The van der Waals surface area contributed by atoms with Gasteiger partial charge in [-0.1, -0.05) is 36.7 Å². The predicted molar refractivity (Wildman–Crippen MR) is 157 cm³/mol. The van der Waals surface area contributed by atoms with Gasteiger partial charge in [0.25, 0.3) is 5.91 Å². The van der Waals surface area contributed by atoms with E-state index in [9.17, 15) is 31.2 Å². The van der Waals surface area contributed by atoms with Crippen molar-refractivity contribution in [3.8, 4) is 0 Å². The van der Waals surface area contributed by atoms with Gasteiger partial charge in [0.15, 0.2) is 9.84 Å². The summed E-state index contributed by atoms with van der Waals surface area (Å²) in [6.07, 6.45) is -0.757. The molecule has 1 aliphatic rings. The molecule has 1 aliphatic heterocycles. The van der Waals surface area contributed by atoms with Crippen LogP contribution in [0.4, 0.5) is 13.2 Å². The van der Waals surface area contributed by atoms with Crippen molar-refractivity contribution < 1.29 is 31.2 Å². The third-order valence-corrected chi connectivity index (χ3v) is 9.76. The number of nitrogens with one attached hydrogen (secondary N) is 2. The molecule has 1 saturated heterocycles. The lowest BCUT2D eigenvalue weighted by Gasteiger charge is -2.34. The van der Waals surface area contributed by atoms with Crippen LogP contribution in [0.3, 0.4) is 0 Å². The van der Waals surface area contributed by atoms with Gasteiger partial charge in [0.1, 0.15) is 5.69 Å². The molecule has 4 rings (SSSR count). The number of amides is 1. The number of sulfone groups is 1. The lowest BCUT2D eigenvalue weighted by atomic mass is 9.88. The van der Waals surface area contributed by atoms with E-state index in [2.05, 4.69) is 21.9 Å². The molecule has 8 nitrogen and oxygen atoms in total. The van der Waals surface area contributed by atoms with Gasteiger partial charge in [-0.05, 0) is 66.4 Å². The van der Waals surface area contributed by atoms with Crippen LogP contribution in [0.5, 0.6) is 0 Å². The second-order valence-corrected chi connectivity index (χ2v) is 13.3. The maximum atomic E-state index is 14.3. The van der Waals surface area contributed by atoms with Gasteiger partial charge in [-0.15, -0.1) is 0 Å². The van der Waals surface area contributed by atoms with Crippen LogP contribution in [0.2, 0.25) is 10.0 Å². The Morgan fingerprint density at radius 2 is 1.95 bits per heavy atom. The lowest BCUT2D eigenvalue weighted by Crippen LogP contribution is -2.37. The van der Waals surface area contributed by atoms with E-state index in [1.54, 1.807) is 4.90 Å². The minimum absolute atomic E-state index is 0.0298. The fourth-order valence-corrected chi connectivity index (χ4v) is 6.64. The number of alkyl halides is 3. The van der Waals surface area contributed by atoms with E-state index in [-0.39, 0.29) is 67.9 Å². The molecule has 0 saturated carbocycles. The Bertz CT molecular complexity index is 1640. The number of Topliss-reactive ketones (excluding diaryl/α,β-unsaturated/α-hetero) is 1. The summed E-state index contributed by atoms with van der Waals surface area (Å²) in [6, 6.07) is 6.00. The van der Waals surface area contributed by atoms with Crippen molar-refractivity contribution >= 4 is 44.7 Å². The van der Waals surface area contributed by atoms with Crippen molar-refractivity contribution in [3.05, 3.63) is 93.0 Å². The highest BCUT2D eigenvalue weighted by Crippen LogP contribution is 2.38. The lowest BCUT2D eigenvalue weighted by molar-refractivity contribution is -0.138. The van der Waals surface area contributed by atoms with Crippen LogP contribution < -0.4 is 5.32 Å². The molecule has 1 fully saturated rings. The molecule has 0 radical (unpaired) electrons. The predicted octanol–water partition coefficient (Wildman–Crippen LogP) is 6.11. The Balaban J connectivity index is 1.54. The first-order chi connectivity index (χ1) is 20.2. The van der Waals surface area contributed by atoms with Crippen molar-refractivity contribution in [2.75, 3.05) is 18.8 Å². The van der Waals surface area contributed by atoms with Crippen molar-refractivity contribution in [2.24, 2.45) is 5.92 Å². The average Bonchev–Trinajstić information content (AvgIpc) is 3.50. The number of rotatable bonds is 10. The van der Waals surface area contributed by atoms with Crippen molar-refractivity contribution in [3.63, 3.8) is 0 Å². The Hall–Kier alpha value is -3.19. The summed E-state index contributed by atoms with van der Waals surface area (Å²) in [5.74, 6) is -1.62. The maximum Gasteiger partial charge on any atom is 0.416 e. The number of H-pyrrole nitrogens is 1. The number of hydrogen-bond donors (Lipinski definition) is 2. The number of carbonyl (C=O) groups is 2. The van der Waals surface area contributed by atoms with Gasteiger partial charge >= 0.3 is 6.18 Å². The number of ketones is 1. The van der Waals surface area contributed by atoms with Gasteiger partial charge in [0.05, 0.1) is 28.7 Å². The maximum absolute atomic E-state index is 14.3. The van der Waals surface area contributed by atoms with Crippen LogP contribution in [0.15, 0.2) is 59.9 Å². The molecular weight excluding hydrogens is 628 g/mol. The zero-order chi connectivity index (χ0) is 31.5. The van der Waals surface area contributed by atoms with Crippen molar-refractivity contribution in [1.29, 1.82) is 0 Å². The number of piperidine rings is 1. The zero-order valence-electron chi connectivity index (χ0n) is 23.1. The van der Waals surface area contributed by atoms with Crippen molar-refractivity contribution in [2.45, 2.75) is 43.9 Å². The van der Waals surface area contributed by atoms with Crippen molar-refractivity contribution in [1.82, 2.24) is 20.2 Å². The molecule has 2 N–H and O–H groups in total. The van der Waals surface area contributed by atoms with Crippen LogP contribution >= 0.6 is 23.2 Å². The molecule has 0 unspecified atom stereocenters. The molecule has 1 aromatic heterocycles. The molecule has 2 heterocycles. The van der Waals surface area contributed by atoms with Gasteiger partial charge in [-0.25, -0.2) is 13.4 Å². The smallest absolute Gasteiger partial charge is 0.348 e. The Kier molecular flexibility index (Phi) is 10.1. The van der Waals surface area contributed by atoms with Gasteiger partial charge < -0.3 is 10.3 Å². The van der Waals surface area contributed by atoms with Crippen LogP contribution in [-0.2, 0) is 29.1 Å². The number of aromatic amines is 1. The minimum Gasteiger partial charge on any atom is -0.348 e. The summed E-state index contributed by atoms with van der Waals surface area (Å²) < 4.78 is 67.7. The van der Waals surface area contributed by atoms with E-state index in [4.69, 9.17) is 23.2 Å². The molecule has 14 heteroatoms. The second kappa shape index (κ2) is 13.2. The molecule has 0 bridgehead atoms. The number of imidazole rings is 1. The monoisotopic (exact) mass is 656 g/mol. The summed E-state index contributed by atoms with van der Waals surface area (Å²) in [6.45, 7) is 5.75. The quantitative estimate of drug-likeness (QED) is 0.201. The highest BCUT2D eigenvalue weighted by molar-refractivity contribution is 7.91. The third-order valence-electron chi connectivity index (χ3n) is 7.35. The summed E-state index contributed by atoms with van der Waals surface area (Å²) in [5.41, 5.74) is -0.749. The largest absolute Gasteiger partial charge is 0.416 e. The fourth-order valence-electron chi connectivity index (χ4n) is 5.05. The molecule has 1 atom stereocenters. The molecular formula is C29H29Cl2F3N4O4S. The van der Waals surface area contributed by atoms with E-state index in [1.807, 2.05) is 0 Å². The summed E-state index contributed by atoms with van der Waals surface area (Å²) in [7, 11) is -3.65.